The summed E-state index contributed by atoms with van der Waals surface area (Å²) in [5, 5.41) is 16.4. The van der Waals surface area contributed by atoms with Crippen LogP contribution in [0.2, 0.25) is 0 Å². The van der Waals surface area contributed by atoms with Gasteiger partial charge in [0.2, 0.25) is 5.78 Å². The number of carbonyl (C=O) groups excluding carboxylic acids is 1. The van der Waals surface area contributed by atoms with Gasteiger partial charge in [-0.3, -0.25) is 4.79 Å². The highest BCUT2D eigenvalue weighted by molar-refractivity contribution is 6.33. The zero-order valence-electron chi connectivity index (χ0n) is 6.31. The molecule has 0 aliphatic carbocycles. The fourth-order valence-corrected chi connectivity index (χ4v) is 0.527. The predicted octanol–water partition coefficient (Wildman–Crippen LogP) is -0.870. The number of carboxylic acid groups (broad SMARTS) is 2. The minimum Gasteiger partial charge on any atom is -0.479 e. The second kappa shape index (κ2) is 4.45. The van der Waals surface area contributed by atoms with E-state index in [0.717, 1.165) is 7.11 Å². The highest BCUT2D eigenvalue weighted by atomic mass is 16.5. The Morgan fingerprint density at radius 2 is 1.83 bits per heavy atom. The van der Waals surface area contributed by atoms with Gasteiger partial charge in [0.05, 0.1) is 6.42 Å². The van der Waals surface area contributed by atoms with Crippen molar-refractivity contribution in [1.82, 2.24) is 0 Å². The van der Waals surface area contributed by atoms with E-state index in [1.54, 1.807) is 0 Å². The van der Waals surface area contributed by atoms with E-state index in [2.05, 4.69) is 4.74 Å². The first-order valence-corrected chi connectivity index (χ1v) is 3.00. The molecule has 0 aliphatic heterocycles. The van der Waals surface area contributed by atoms with E-state index < -0.39 is 30.2 Å². The SMILES string of the molecule is COC(CC(=O)C(=O)O)C(=O)O. The Kier molecular flexibility index (Phi) is 3.92. The molecule has 2 N–H and O–H groups in total. The fraction of sp³-hybridized carbons (Fsp3) is 0.500. The molecular weight excluding hydrogens is 168 g/mol. The molecule has 1 unspecified atom stereocenters. The molecule has 0 aromatic heterocycles. The smallest absolute Gasteiger partial charge is 0.372 e. The molecule has 0 bridgehead atoms. The second-order valence-electron chi connectivity index (χ2n) is 2.00. The van der Waals surface area contributed by atoms with Crippen molar-refractivity contribution in [2.45, 2.75) is 12.5 Å². The number of methoxy groups -OCH3 is 1. The lowest BCUT2D eigenvalue weighted by molar-refractivity contribution is -0.155. The van der Waals surface area contributed by atoms with Crippen LogP contribution in [0.4, 0.5) is 0 Å². The number of carbonyl (C=O) groups is 3. The van der Waals surface area contributed by atoms with Crippen LogP contribution >= 0.6 is 0 Å². The molecule has 0 saturated heterocycles. The molecule has 0 aromatic carbocycles. The number of rotatable bonds is 5. The third-order valence-electron chi connectivity index (χ3n) is 1.17. The van der Waals surface area contributed by atoms with Crippen molar-refractivity contribution in [2.24, 2.45) is 0 Å². The highest BCUT2D eigenvalue weighted by Crippen LogP contribution is 1.98. The lowest BCUT2D eigenvalue weighted by atomic mass is 10.2. The van der Waals surface area contributed by atoms with Gasteiger partial charge in [0.25, 0.3) is 0 Å². The summed E-state index contributed by atoms with van der Waals surface area (Å²) in [6.45, 7) is 0. The summed E-state index contributed by atoms with van der Waals surface area (Å²) in [4.78, 5) is 30.7. The number of ether oxygens (including phenoxy) is 1. The van der Waals surface area contributed by atoms with Crippen LogP contribution in [-0.2, 0) is 19.1 Å². The van der Waals surface area contributed by atoms with Crippen molar-refractivity contribution in [2.75, 3.05) is 7.11 Å². The van der Waals surface area contributed by atoms with Gasteiger partial charge in [0.1, 0.15) is 0 Å². The summed E-state index contributed by atoms with van der Waals surface area (Å²) in [7, 11) is 1.09. The topological polar surface area (TPSA) is 101 Å². The quantitative estimate of drug-likeness (QED) is 0.528. The molecule has 0 rings (SSSR count). The molecule has 0 aromatic rings. The average Bonchev–Trinajstić information content (AvgIpc) is 1.98. The van der Waals surface area contributed by atoms with E-state index in [9.17, 15) is 14.4 Å². The Morgan fingerprint density at radius 3 is 2.08 bits per heavy atom. The minimum absolute atomic E-state index is 0.652. The van der Waals surface area contributed by atoms with E-state index in [1.165, 1.54) is 0 Å². The van der Waals surface area contributed by atoms with Crippen LogP contribution in [0.1, 0.15) is 6.42 Å². The molecule has 0 amide bonds. The molecular formula is C6H8O6. The fourth-order valence-electron chi connectivity index (χ4n) is 0.527. The average molecular weight is 176 g/mol. The zero-order valence-corrected chi connectivity index (χ0v) is 6.31. The second-order valence-corrected chi connectivity index (χ2v) is 2.00. The largest absolute Gasteiger partial charge is 0.479 e. The minimum atomic E-state index is -1.65. The van der Waals surface area contributed by atoms with Crippen molar-refractivity contribution < 1.29 is 29.3 Å². The third-order valence-corrected chi connectivity index (χ3v) is 1.17. The first-order chi connectivity index (χ1) is 5.49. The lowest BCUT2D eigenvalue weighted by Gasteiger charge is -2.06. The van der Waals surface area contributed by atoms with Gasteiger partial charge in [0.15, 0.2) is 6.10 Å². The summed E-state index contributed by atoms with van der Waals surface area (Å²) in [5.74, 6) is -4.19. The molecule has 0 spiro atoms. The van der Waals surface area contributed by atoms with Gasteiger partial charge in [-0.05, 0) is 0 Å². The van der Waals surface area contributed by atoms with Crippen LogP contribution < -0.4 is 0 Å². The molecule has 0 saturated carbocycles. The van der Waals surface area contributed by atoms with Crippen molar-refractivity contribution >= 4 is 17.7 Å². The Balaban J connectivity index is 4.12. The van der Waals surface area contributed by atoms with Crippen LogP contribution in [0.25, 0.3) is 0 Å². The normalized spacial score (nSPS) is 12.1. The maximum atomic E-state index is 10.5. The maximum absolute atomic E-state index is 10.5. The lowest BCUT2D eigenvalue weighted by Crippen LogP contribution is -2.28. The first-order valence-electron chi connectivity index (χ1n) is 3.00. The van der Waals surface area contributed by atoms with Gasteiger partial charge in [-0.25, -0.2) is 9.59 Å². The Bertz CT molecular complexity index is 208. The number of hydrogen-bond donors (Lipinski definition) is 2. The molecule has 0 heterocycles. The van der Waals surface area contributed by atoms with Crippen molar-refractivity contribution in [3.05, 3.63) is 0 Å². The Labute approximate surface area is 67.8 Å². The van der Waals surface area contributed by atoms with E-state index >= 15 is 0 Å². The van der Waals surface area contributed by atoms with Crippen LogP contribution in [-0.4, -0.2) is 41.1 Å². The Hall–Kier alpha value is -1.43. The van der Waals surface area contributed by atoms with E-state index in [1.807, 2.05) is 0 Å². The van der Waals surface area contributed by atoms with Gasteiger partial charge in [-0.2, -0.15) is 0 Å². The number of aliphatic carboxylic acids is 2. The summed E-state index contributed by atoms with van der Waals surface area (Å²) in [6, 6.07) is 0. The molecule has 0 fully saturated rings. The van der Waals surface area contributed by atoms with E-state index in [4.69, 9.17) is 10.2 Å². The van der Waals surface area contributed by atoms with Crippen molar-refractivity contribution in [1.29, 1.82) is 0 Å². The summed E-state index contributed by atoms with van der Waals surface area (Å²) in [5.41, 5.74) is 0. The van der Waals surface area contributed by atoms with Crippen LogP contribution in [0.3, 0.4) is 0 Å². The first kappa shape index (κ1) is 10.6. The predicted molar refractivity (Wildman–Crippen MR) is 35.7 cm³/mol. The number of hydrogen-bond acceptors (Lipinski definition) is 4. The van der Waals surface area contributed by atoms with Crippen LogP contribution in [0.5, 0.6) is 0 Å². The molecule has 12 heavy (non-hydrogen) atoms. The molecule has 0 aliphatic rings. The van der Waals surface area contributed by atoms with Crippen molar-refractivity contribution in [3.63, 3.8) is 0 Å². The molecule has 0 radical (unpaired) electrons. The molecule has 68 valence electrons. The van der Waals surface area contributed by atoms with Gasteiger partial charge in [-0.15, -0.1) is 0 Å². The number of Topliss-reactive ketones (excluding diaryl/α,β-unsaturated/α-hetero) is 1. The maximum Gasteiger partial charge on any atom is 0.372 e. The van der Waals surface area contributed by atoms with Gasteiger partial charge >= 0.3 is 11.9 Å². The van der Waals surface area contributed by atoms with Gasteiger partial charge in [0, 0.05) is 7.11 Å². The summed E-state index contributed by atoms with van der Waals surface area (Å²) >= 11 is 0. The van der Waals surface area contributed by atoms with Crippen molar-refractivity contribution in [3.8, 4) is 0 Å². The summed E-state index contributed by atoms with van der Waals surface area (Å²) in [6.07, 6.45) is -2.03. The molecule has 6 nitrogen and oxygen atoms in total. The monoisotopic (exact) mass is 176 g/mol. The summed E-state index contributed by atoms with van der Waals surface area (Å²) < 4.78 is 4.35. The number of carboxylic acids is 2. The molecule has 1 atom stereocenters. The third kappa shape index (κ3) is 3.11. The van der Waals surface area contributed by atoms with Crippen LogP contribution in [0, 0.1) is 0 Å². The number of ketones is 1. The van der Waals surface area contributed by atoms with Gasteiger partial charge in [-0.1, -0.05) is 0 Å². The zero-order chi connectivity index (χ0) is 9.72. The van der Waals surface area contributed by atoms with E-state index in [0.29, 0.717) is 0 Å². The van der Waals surface area contributed by atoms with Gasteiger partial charge < -0.3 is 14.9 Å². The van der Waals surface area contributed by atoms with Crippen LogP contribution in [0.15, 0.2) is 0 Å². The standard InChI is InChI=1S/C6H8O6/c1-12-4(6(10)11)2-3(7)5(8)9/h4H,2H2,1H3,(H,8,9)(H,10,11). The van der Waals surface area contributed by atoms with E-state index in [-0.39, 0.29) is 0 Å². The highest BCUT2D eigenvalue weighted by Gasteiger charge is 2.23. The molecule has 6 heteroatoms. The Morgan fingerprint density at radius 1 is 1.33 bits per heavy atom.